The quantitative estimate of drug-likeness (QED) is 0.103. The number of aromatic nitrogens is 4. The zero-order valence-corrected chi connectivity index (χ0v) is 22.7. The molecule has 38 heavy (non-hydrogen) atoms. The lowest BCUT2D eigenvalue weighted by Gasteiger charge is -2.13. The van der Waals surface area contributed by atoms with Crippen molar-refractivity contribution in [3.8, 4) is 5.75 Å². The van der Waals surface area contributed by atoms with Crippen LogP contribution in [0.25, 0.3) is 11.2 Å². The number of aromatic hydroxyl groups is 1. The van der Waals surface area contributed by atoms with E-state index in [0.717, 1.165) is 5.56 Å². The second kappa shape index (κ2) is 11.8. The first-order chi connectivity index (χ1) is 18.0. The first-order valence-corrected chi connectivity index (χ1v) is 15.8. The zero-order valence-electron chi connectivity index (χ0n) is 20.1. The number of rotatable bonds is 12. The summed E-state index contributed by atoms with van der Waals surface area (Å²) < 4.78 is 25.0. The van der Waals surface area contributed by atoms with Crippen molar-refractivity contribution in [3.63, 3.8) is 0 Å². The molecule has 2 aromatic heterocycles. The number of phenolic OH excluding ortho intramolecular Hbond substituents is 1. The van der Waals surface area contributed by atoms with E-state index in [1.807, 2.05) is 16.7 Å². The number of nitrogens with one attached hydrogen (secondary N) is 2. The largest absolute Gasteiger partial charge is 0.508 e. The molecule has 12 nitrogen and oxygen atoms in total. The van der Waals surface area contributed by atoms with Gasteiger partial charge in [-0.15, -0.1) is 0 Å². The third-order valence-corrected chi connectivity index (χ3v) is 9.97. The predicted molar refractivity (Wildman–Crippen MR) is 147 cm³/mol. The van der Waals surface area contributed by atoms with Crippen LogP contribution in [0.1, 0.15) is 12.0 Å². The number of hydrogen-bond acceptors (Lipinski definition) is 8. The second-order valence-corrected chi connectivity index (χ2v) is 13.8. The van der Waals surface area contributed by atoms with Crippen LogP contribution in [0.15, 0.2) is 54.9 Å². The topological polar surface area (TPSA) is 183 Å². The Hall–Kier alpha value is -2.98. The maximum absolute atomic E-state index is 12.1. The van der Waals surface area contributed by atoms with E-state index in [1.54, 1.807) is 42.7 Å². The molecule has 0 bridgehead atoms. The van der Waals surface area contributed by atoms with Gasteiger partial charge in [0.25, 0.3) is 0 Å². The third-order valence-electron chi connectivity index (χ3n) is 5.48. The second-order valence-electron chi connectivity index (χ2n) is 8.72. The van der Waals surface area contributed by atoms with Gasteiger partial charge < -0.3 is 35.0 Å². The fourth-order valence-electron chi connectivity index (χ4n) is 3.82. The molecular formula is C23H27ClN6O6P2. The Morgan fingerprint density at radius 2 is 1.82 bits per heavy atom. The van der Waals surface area contributed by atoms with E-state index in [1.165, 1.54) is 0 Å². The van der Waals surface area contributed by atoms with E-state index in [9.17, 15) is 19.1 Å². The highest BCUT2D eigenvalue weighted by molar-refractivity contribution is 7.72. The van der Waals surface area contributed by atoms with Crippen LogP contribution in [0.4, 0.5) is 17.5 Å². The van der Waals surface area contributed by atoms with Crippen LogP contribution in [0, 0.1) is 0 Å². The highest BCUT2D eigenvalue weighted by atomic mass is 35.5. The number of imidazole rings is 1. The fourth-order valence-corrected chi connectivity index (χ4v) is 7.53. The zero-order chi connectivity index (χ0) is 27.3. The summed E-state index contributed by atoms with van der Waals surface area (Å²) in [6, 6.07) is 14.1. The van der Waals surface area contributed by atoms with Crippen molar-refractivity contribution in [1.29, 1.82) is 0 Å². The lowest BCUT2D eigenvalue weighted by Crippen LogP contribution is -2.10. The lowest BCUT2D eigenvalue weighted by atomic mass is 10.1. The number of hydrogen-bond donors (Lipinski definition) is 6. The Labute approximate surface area is 223 Å². The Kier molecular flexibility index (Phi) is 8.72. The normalized spacial score (nSPS) is 13.4. The van der Waals surface area contributed by atoms with Crippen LogP contribution in [-0.4, -0.2) is 57.9 Å². The minimum absolute atomic E-state index is 0.170. The molecule has 4 rings (SSSR count). The predicted octanol–water partition coefficient (Wildman–Crippen LogP) is 4.38. The van der Waals surface area contributed by atoms with Crippen molar-refractivity contribution in [2.45, 2.75) is 19.4 Å². The van der Waals surface area contributed by atoms with Gasteiger partial charge in [0.15, 0.2) is 17.0 Å². The standard InChI is InChI=1S/C23H27ClN6O6P2/c24-17-5-2-6-18(13-17)27-21-20-22(30(14-26-20)10-8-16-4-1-7-19(31)12-16)29-23(28-21)25-9-3-11-37(32,33)15-38(34,35)36/h1-2,4-7,12-14,31H,3,8-11,15H2,(H,32,33)(H2,34,35,36)(H2,25,27,28,29). The lowest BCUT2D eigenvalue weighted by molar-refractivity contribution is 0.376. The minimum atomic E-state index is -4.59. The van der Waals surface area contributed by atoms with Gasteiger partial charge in [-0.3, -0.25) is 9.13 Å². The van der Waals surface area contributed by atoms with E-state index in [2.05, 4.69) is 25.6 Å². The maximum Gasteiger partial charge on any atom is 0.335 e. The van der Waals surface area contributed by atoms with Gasteiger partial charge in [0.2, 0.25) is 13.3 Å². The molecule has 0 aliphatic rings. The third kappa shape index (κ3) is 8.01. The molecule has 4 aromatic rings. The highest BCUT2D eigenvalue weighted by Gasteiger charge is 2.28. The molecule has 0 spiro atoms. The smallest absolute Gasteiger partial charge is 0.335 e. The molecule has 1 atom stereocenters. The van der Waals surface area contributed by atoms with Crippen LogP contribution in [-0.2, 0) is 22.1 Å². The number of phenols is 1. The summed E-state index contributed by atoms with van der Waals surface area (Å²) in [5.41, 5.74) is 2.70. The van der Waals surface area contributed by atoms with E-state index in [0.29, 0.717) is 40.7 Å². The van der Waals surface area contributed by atoms with Gasteiger partial charge in [0.05, 0.1) is 6.33 Å². The van der Waals surface area contributed by atoms with Crippen molar-refractivity contribution >= 4 is 55.2 Å². The summed E-state index contributed by atoms with van der Waals surface area (Å²) in [4.78, 5) is 41.5. The van der Waals surface area contributed by atoms with E-state index >= 15 is 0 Å². The Balaban J connectivity index is 1.55. The summed E-state index contributed by atoms with van der Waals surface area (Å²) in [6.07, 6.45) is 2.18. The molecule has 0 saturated heterocycles. The van der Waals surface area contributed by atoms with E-state index < -0.39 is 20.9 Å². The summed E-state index contributed by atoms with van der Waals surface area (Å²) in [5, 5.41) is 16.5. The minimum Gasteiger partial charge on any atom is -0.508 e. The van der Waals surface area contributed by atoms with Crippen molar-refractivity contribution in [1.82, 2.24) is 19.5 Å². The number of aryl methyl sites for hydroxylation is 2. The molecule has 2 aromatic carbocycles. The van der Waals surface area contributed by atoms with Gasteiger partial charge in [-0.2, -0.15) is 9.97 Å². The maximum atomic E-state index is 12.1. The number of nitrogens with zero attached hydrogens (tertiary/aromatic N) is 4. The number of halogens is 1. The molecule has 2 heterocycles. The van der Waals surface area contributed by atoms with Gasteiger partial charge in [-0.25, -0.2) is 4.98 Å². The molecule has 0 radical (unpaired) electrons. The summed E-state index contributed by atoms with van der Waals surface area (Å²) in [6.45, 7) is 0.730. The Bertz CT molecular complexity index is 1530. The Morgan fingerprint density at radius 1 is 1.03 bits per heavy atom. The summed E-state index contributed by atoms with van der Waals surface area (Å²) in [7, 11) is -8.57. The monoisotopic (exact) mass is 580 g/mol. The van der Waals surface area contributed by atoms with Crippen molar-refractivity contribution in [2.24, 2.45) is 0 Å². The van der Waals surface area contributed by atoms with Crippen molar-refractivity contribution < 1.29 is 28.9 Å². The molecule has 0 fully saturated rings. The van der Waals surface area contributed by atoms with Gasteiger partial charge in [0.1, 0.15) is 11.7 Å². The number of anilines is 3. The van der Waals surface area contributed by atoms with Crippen LogP contribution < -0.4 is 10.6 Å². The summed E-state index contributed by atoms with van der Waals surface area (Å²) >= 11 is 6.12. The first kappa shape index (κ1) is 28.0. The molecule has 6 N–H and O–H groups in total. The molecule has 0 amide bonds. The van der Waals surface area contributed by atoms with Crippen LogP contribution >= 0.6 is 26.6 Å². The van der Waals surface area contributed by atoms with E-state index in [-0.39, 0.29) is 30.8 Å². The van der Waals surface area contributed by atoms with Crippen LogP contribution in [0.3, 0.4) is 0 Å². The SMILES string of the molecule is O=P(O)(O)CP(=O)(O)CCCNc1nc(Nc2cccc(Cl)c2)c2ncn(CCc3cccc(O)c3)c2n1. The molecule has 15 heteroatoms. The van der Waals surface area contributed by atoms with Gasteiger partial charge >= 0.3 is 7.60 Å². The fraction of sp³-hybridized carbons (Fsp3) is 0.261. The molecule has 202 valence electrons. The summed E-state index contributed by atoms with van der Waals surface area (Å²) in [5.74, 6) is -0.198. The molecule has 0 aliphatic carbocycles. The van der Waals surface area contributed by atoms with Crippen LogP contribution in [0.5, 0.6) is 5.75 Å². The number of benzene rings is 2. The van der Waals surface area contributed by atoms with Gasteiger partial charge in [0, 0.05) is 30.0 Å². The molecule has 0 saturated carbocycles. The van der Waals surface area contributed by atoms with E-state index in [4.69, 9.17) is 21.4 Å². The molecule has 0 aliphatic heterocycles. The molecular weight excluding hydrogens is 554 g/mol. The first-order valence-electron chi connectivity index (χ1n) is 11.6. The average Bonchev–Trinajstić information content (AvgIpc) is 3.22. The van der Waals surface area contributed by atoms with Crippen molar-refractivity contribution in [2.75, 3.05) is 29.2 Å². The highest BCUT2D eigenvalue weighted by Crippen LogP contribution is 2.54. The van der Waals surface area contributed by atoms with Gasteiger partial charge in [-0.05, 0) is 48.7 Å². The average molecular weight is 581 g/mol. The van der Waals surface area contributed by atoms with Crippen molar-refractivity contribution in [3.05, 3.63) is 65.4 Å². The van der Waals surface area contributed by atoms with Gasteiger partial charge in [-0.1, -0.05) is 29.8 Å². The van der Waals surface area contributed by atoms with Crippen LogP contribution in [0.2, 0.25) is 5.02 Å². The number of fused-ring (bicyclic) bond motifs is 1. The Morgan fingerprint density at radius 3 is 2.55 bits per heavy atom. The molecule has 1 unspecified atom stereocenters.